The van der Waals surface area contributed by atoms with E-state index in [1.165, 1.54) is 11.8 Å². The molecule has 0 aliphatic rings. The average molecular weight is 271 g/mol. The monoisotopic (exact) mass is 271 g/mol. The van der Waals surface area contributed by atoms with Crippen LogP contribution in [0.1, 0.15) is 12.5 Å². The molecule has 0 saturated heterocycles. The molecule has 0 unspecified atom stereocenters. The van der Waals surface area contributed by atoms with Crippen LogP contribution in [0.5, 0.6) is 0 Å². The minimum atomic E-state index is -2.97. The van der Waals surface area contributed by atoms with E-state index in [-0.39, 0.29) is 0 Å². The molecule has 0 aliphatic carbocycles. The molecular weight excluding hydrogens is 256 g/mol. The Balaban J connectivity index is 2.89. The summed E-state index contributed by atoms with van der Waals surface area (Å²) < 4.78 is 26.1. The van der Waals surface area contributed by atoms with Gasteiger partial charge < -0.3 is 11.1 Å². The quantitative estimate of drug-likeness (QED) is 0.781. The molecule has 1 aromatic carbocycles. The maximum Gasteiger partial charge on any atom is 0.276 e. The first kappa shape index (κ1) is 14.7. The summed E-state index contributed by atoms with van der Waals surface area (Å²) in [7, 11) is 0. The third-order valence-corrected chi connectivity index (χ3v) is 3.21. The first-order chi connectivity index (χ1) is 8.54. The van der Waals surface area contributed by atoms with Crippen molar-refractivity contribution in [2.75, 3.05) is 24.2 Å². The van der Waals surface area contributed by atoms with Gasteiger partial charge in [-0.15, -0.1) is 11.8 Å². The second-order valence-electron chi connectivity index (χ2n) is 3.64. The third-order valence-electron chi connectivity index (χ3n) is 2.27. The lowest BCUT2D eigenvalue weighted by molar-refractivity contribution is 0.0254. The summed E-state index contributed by atoms with van der Waals surface area (Å²) in [6.45, 7) is 0.679. The predicted octanol–water partition coefficient (Wildman–Crippen LogP) is 2.68. The lowest BCUT2D eigenvalue weighted by atomic mass is 10.2. The van der Waals surface area contributed by atoms with Crippen LogP contribution in [0.3, 0.4) is 0 Å². The third kappa shape index (κ3) is 3.86. The molecular formula is C12H15F2N3S. The Morgan fingerprint density at radius 3 is 2.78 bits per heavy atom. The van der Waals surface area contributed by atoms with Gasteiger partial charge in [0.05, 0.1) is 24.3 Å². The lowest BCUT2D eigenvalue weighted by Gasteiger charge is -2.17. The number of nitrogens with one attached hydrogen (secondary N) is 1. The lowest BCUT2D eigenvalue weighted by Crippen LogP contribution is -2.35. The van der Waals surface area contributed by atoms with Crippen molar-refractivity contribution in [1.82, 2.24) is 0 Å². The standard InChI is InChI=1S/C12H15F2N3S/c1-2-18-11-5-3-4-10(9(11)6-15)17-8-12(13,14)7-16/h3-5,17H,2,7-8,16H2,1H3. The Labute approximate surface area is 109 Å². The van der Waals surface area contributed by atoms with Gasteiger partial charge in [-0.25, -0.2) is 8.78 Å². The van der Waals surface area contributed by atoms with Crippen molar-refractivity contribution in [1.29, 1.82) is 5.26 Å². The fourth-order valence-corrected chi connectivity index (χ4v) is 2.15. The highest BCUT2D eigenvalue weighted by Crippen LogP contribution is 2.28. The number of halogens is 2. The summed E-state index contributed by atoms with van der Waals surface area (Å²) in [6, 6.07) is 7.20. The number of alkyl halides is 2. The summed E-state index contributed by atoms with van der Waals surface area (Å²) in [5.74, 6) is -2.16. The van der Waals surface area contributed by atoms with E-state index < -0.39 is 19.0 Å². The average Bonchev–Trinajstić information content (AvgIpc) is 2.37. The minimum Gasteiger partial charge on any atom is -0.378 e. The van der Waals surface area contributed by atoms with Gasteiger partial charge in [0.25, 0.3) is 5.92 Å². The molecule has 0 saturated carbocycles. The van der Waals surface area contributed by atoms with Crippen molar-refractivity contribution in [3.63, 3.8) is 0 Å². The van der Waals surface area contributed by atoms with E-state index in [9.17, 15) is 8.78 Å². The molecule has 0 atom stereocenters. The van der Waals surface area contributed by atoms with Gasteiger partial charge in [0.2, 0.25) is 0 Å². The van der Waals surface area contributed by atoms with Crippen LogP contribution in [0.4, 0.5) is 14.5 Å². The van der Waals surface area contributed by atoms with Gasteiger partial charge in [0.15, 0.2) is 0 Å². The van der Waals surface area contributed by atoms with E-state index >= 15 is 0 Å². The molecule has 0 amide bonds. The minimum absolute atomic E-state index is 0.400. The maximum atomic E-state index is 13.0. The van der Waals surface area contributed by atoms with Crippen LogP contribution >= 0.6 is 11.8 Å². The van der Waals surface area contributed by atoms with Gasteiger partial charge >= 0.3 is 0 Å². The molecule has 0 aromatic heterocycles. The van der Waals surface area contributed by atoms with Crippen molar-refractivity contribution < 1.29 is 8.78 Å². The SMILES string of the molecule is CCSc1cccc(NCC(F)(F)CN)c1C#N. The van der Waals surface area contributed by atoms with E-state index in [1.54, 1.807) is 18.2 Å². The van der Waals surface area contributed by atoms with Crippen molar-refractivity contribution in [3.8, 4) is 6.07 Å². The molecule has 0 bridgehead atoms. The van der Waals surface area contributed by atoms with Gasteiger partial charge in [-0.2, -0.15) is 5.26 Å². The van der Waals surface area contributed by atoms with Crippen LogP contribution in [-0.2, 0) is 0 Å². The highest BCUT2D eigenvalue weighted by atomic mass is 32.2. The summed E-state index contributed by atoms with van der Waals surface area (Å²) in [6.07, 6.45) is 0. The zero-order chi connectivity index (χ0) is 13.6. The first-order valence-electron chi connectivity index (χ1n) is 5.51. The number of nitrogens with two attached hydrogens (primary N) is 1. The van der Waals surface area contributed by atoms with Crippen molar-refractivity contribution >= 4 is 17.4 Å². The van der Waals surface area contributed by atoms with E-state index in [0.717, 1.165) is 10.6 Å². The number of thioether (sulfide) groups is 1. The Bertz CT molecular complexity index is 443. The van der Waals surface area contributed by atoms with Crippen LogP contribution in [0, 0.1) is 11.3 Å². The zero-order valence-electron chi connectivity index (χ0n) is 10.0. The van der Waals surface area contributed by atoms with E-state index in [0.29, 0.717) is 11.3 Å². The second kappa shape index (κ2) is 6.57. The number of nitriles is 1. The van der Waals surface area contributed by atoms with Gasteiger partial charge in [-0.1, -0.05) is 13.0 Å². The number of benzene rings is 1. The van der Waals surface area contributed by atoms with Crippen molar-refractivity contribution in [3.05, 3.63) is 23.8 Å². The zero-order valence-corrected chi connectivity index (χ0v) is 10.9. The molecule has 18 heavy (non-hydrogen) atoms. The predicted molar refractivity (Wildman–Crippen MR) is 70.0 cm³/mol. The van der Waals surface area contributed by atoms with Crippen molar-refractivity contribution in [2.24, 2.45) is 5.73 Å². The molecule has 98 valence electrons. The van der Waals surface area contributed by atoms with Crippen molar-refractivity contribution in [2.45, 2.75) is 17.7 Å². The smallest absolute Gasteiger partial charge is 0.276 e. The fraction of sp³-hybridized carbons (Fsp3) is 0.417. The molecule has 1 rings (SSSR count). The number of hydrogen-bond acceptors (Lipinski definition) is 4. The van der Waals surface area contributed by atoms with Crippen LogP contribution < -0.4 is 11.1 Å². The molecule has 0 fully saturated rings. The molecule has 6 heteroatoms. The molecule has 0 aliphatic heterocycles. The van der Waals surface area contributed by atoms with Crippen LogP contribution in [0.15, 0.2) is 23.1 Å². The normalized spacial score (nSPS) is 11.1. The summed E-state index contributed by atoms with van der Waals surface area (Å²) in [4.78, 5) is 0.793. The van der Waals surface area contributed by atoms with Crippen LogP contribution in [0.25, 0.3) is 0 Å². The largest absolute Gasteiger partial charge is 0.378 e. The number of anilines is 1. The molecule has 0 spiro atoms. The number of rotatable bonds is 6. The summed E-state index contributed by atoms with van der Waals surface area (Å²) in [5, 5.41) is 11.7. The number of hydrogen-bond donors (Lipinski definition) is 2. The second-order valence-corrected chi connectivity index (χ2v) is 4.94. The van der Waals surface area contributed by atoms with Crippen LogP contribution in [0.2, 0.25) is 0 Å². The van der Waals surface area contributed by atoms with E-state index in [1.807, 2.05) is 13.0 Å². The van der Waals surface area contributed by atoms with Crippen LogP contribution in [-0.4, -0.2) is 24.8 Å². The highest BCUT2D eigenvalue weighted by molar-refractivity contribution is 7.99. The summed E-state index contributed by atoms with van der Waals surface area (Å²) >= 11 is 1.51. The Morgan fingerprint density at radius 2 is 2.22 bits per heavy atom. The Kier molecular flexibility index (Phi) is 5.38. The van der Waals surface area contributed by atoms with E-state index in [4.69, 9.17) is 11.0 Å². The summed E-state index contributed by atoms with van der Waals surface area (Å²) in [5.41, 5.74) is 5.78. The number of nitrogens with zero attached hydrogens (tertiary/aromatic N) is 1. The topological polar surface area (TPSA) is 61.8 Å². The molecule has 3 nitrogen and oxygen atoms in total. The molecule has 1 aromatic rings. The highest BCUT2D eigenvalue weighted by Gasteiger charge is 2.26. The Morgan fingerprint density at radius 1 is 1.50 bits per heavy atom. The molecule has 0 heterocycles. The van der Waals surface area contributed by atoms with Gasteiger partial charge in [0, 0.05) is 4.90 Å². The Hall–Kier alpha value is -1.32. The molecule has 3 N–H and O–H groups in total. The van der Waals surface area contributed by atoms with Gasteiger partial charge in [0.1, 0.15) is 6.07 Å². The molecule has 0 radical (unpaired) electrons. The van der Waals surface area contributed by atoms with Gasteiger partial charge in [-0.3, -0.25) is 0 Å². The van der Waals surface area contributed by atoms with Gasteiger partial charge in [-0.05, 0) is 17.9 Å². The van der Waals surface area contributed by atoms with E-state index in [2.05, 4.69) is 5.32 Å². The fourth-order valence-electron chi connectivity index (χ4n) is 1.37. The first-order valence-corrected chi connectivity index (χ1v) is 6.50. The maximum absolute atomic E-state index is 13.0.